The van der Waals surface area contributed by atoms with E-state index in [-0.39, 0.29) is 16.9 Å². The number of methoxy groups -OCH3 is 3. The van der Waals surface area contributed by atoms with Gasteiger partial charge in [0.15, 0.2) is 0 Å². The maximum Gasteiger partial charge on any atom is 0.300 e. The zero-order valence-corrected chi connectivity index (χ0v) is 22.1. The quantitative estimate of drug-likeness (QED) is 0.232. The fraction of sp³-hybridized carbons (Fsp3) is 0.267. The van der Waals surface area contributed by atoms with Gasteiger partial charge in [0.05, 0.1) is 45.1 Å². The molecule has 1 aliphatic heterocycles. The molecule has 1 fully saturated rings. The molecule has 1 aliphatic rings. The second-order valence-electron chi connectivity index (χ2n) is 9.21. The third-order valence-corrected chi connectivity index (χ3v) is 6.24. The number of carbonyl (C=O) groups is 2. The average Bonchev–Trinajstić information content (AvgIpc) is 3.21. The third-order valence-electron chi connectivity index (χ3n) is 6.24. The number of rotatable bonds is 9. The molecule has 0 radical (unpaired) electrons. The first-order valence-electron chi connectivity index (χ1n) is 12.2. The van der Waals surface area contributed by atoms with Gasteiger partial charge < -0.3 is 24.1 Å². The molecular weight excluding hydrogens is 486 g/mol. The molecule has 1 unspecified atom stereocenters. The molecule has 0 bridgehead atoms. The highest BCUT2D eigenvalue weighted by Gasteiger charge is 2.47. The molecule has 8 nitrogen and oxygen atoms in total. The first-order chi connectivity index (χ1) is 18.3. The highest BCUT2D eigenvalue weighted by atomic mass is 16.5. The smallest absolute Gasteiger partial charge is 0.300 e. The topological polar surface area (TPSA) is 94.5 Å². The Hall–Kier alpha value is -4.46. The summed E-state index contributed by atoms with van der Waals surface area (Å²) in [5, 5.41) is 11.5. The molecule has 0 saturated carbocycles. The number of hydrogen-bond donors (Lipinski definition) is 1. The van der Waals surface area contributed by atoms with E-state index >= 15 is 0 Å². The van der Waals surface area contributed by atoms with Gasteiger partial charge in [-0.15, -0.1) is 0 Å². The van der Waals surface area contributed by atoms with Crippen LogP contribution >= 0.6 is 0 Å². The van der Waals surface area contributed by atoms with E-state index in [9.17, 15) is 14.7 Å². The SMILES string of the molecule is COc1ccc(C2/C(=C(/O)c3ccc(OC)cc3OC)C(=O)C(=O)N2c2ccc(OCC(C)C)cc2)cc1. The lowest BCUT2D eigenvalue weighted by molar-refractivity contribution is -0.132. The van der Waals surface area contributed by atoms with Crippen molar-refractivity contribution in [2.45, 2.75) is 19.9 Å². The van der Waals surface area contributed by atoms with Crippen molar-refractivity contribution in [3.63, 3.8) is 0 Å². The average molecular weight is 518 g/mol. The Morgan fingerprint density at radius 3 is 2.03 bits per heavy atom. The number of carbonyl (C=O) groups excluding carboxylic acids is 2. The lowest BCUT2D eigenvalue weighted by atomic mass is 9.94. The molecule has 1 saturated heterocycles. The van der Waals surface area contributed by atoms with Crippen LogP contribution in [0.2, 0.25) is 0 Å². The number of hydrogen-bond acceptors (Lipinski definition) is 7. The standard InChI is InChI=1S/C30H31NO7/c1-18(2)17-38-22-12-8-20(9-13-22)31-27(19-6-10-21(35-3)11-7-19)26(29(33)30(31)34)28(32)24-15-14-23(36-4)16-25(24)37-5/h6-16,18,27,32H,17H2,1-5H3/b28-26-. The fourth-order valence-electron chi connectivity index (χ4n) is 4.31. The van der Waals surface area contributed by atoms with E-state index in [1.165, 1.54) is 19.1 Å². The highest BCUT2D eigenvalue weighted by molar-refractivity contribution is 6.51. The molecular formula is C30H31NO7. The summed E-state index contributed by atoms with van der Waals surface area (Å²) in [7, 11) is 4.52. The van der Waals surface area contributed by atoms with Crippen LogP contribution in [0.5, 0.6) is 23.0 Å². The zero-order valence-electron chi connectivity index (χ0n) is 22.1. The van der Waals surface area contributed by atoms with Crippen molar-refractivity contribution in [2.24, 2.45) is 5.92 Å². The second-order valence-corrected chi connectivity index (χ2v) is 9.21. The highest BCUT2D eigenvalue weighted by Crippen LogP contribution is 2.44. The summed E-state index contributed by atoms with van der Waals surface area (Å²) < 4.78 is 21.8. The molecule has 38 heavy (non-hydrogen) atoms. The van der Waals surface area contributed by atoms with Gasteiger partial charge in [-0.25, -0.2) is 0 Å². The first kappa shape index (κ1) is 26.6. The molecule has 3 aromatic rings. The van der Waals surface area contributed by atoms with Crippen molar-refractivity contribution >= 4 is 23.1 Å². The predicted molar refractivity (Wildman–Crippen MR) is 144 cm³/mol. The van der Waals surface area contributed by atoms with Crippen LogP contribution in [-0.2, 0) is 9.59 Å². The Morgan fingerprint density at radius 2 is 1.45 bits per heavy atom. The van der Waals surface area contributed by atoms with Gasteiger partial charge in [0.2, 0.25) is 0 Å². The Kier molecular flexibility index (Phi) is 7.90. The number of ketones is 1. The summed E-state index contributed by atoms with van der Waals surface area (Å²) in [6.07, 6.45) is 0. The summed E-state index contributed by atoms with van der Waals surface area (Å²) in [5.41, 5.74) is 1.33. The normalized spacial score (nSPS) is 16.6. The van der Waals surface area contributed by atoms with Gasteiger partial charge in [0.1, 0.15) is 28.8 Å². The largest absolute Gasteiger partial charge is 0.507 e. The Labute approximate surface area is 222 Å². The fourth-order valence-corrected chi connectivity index (χ4v) is 4.31. The summed E-state index contributed by atoms with van der Waals surface area (Å²) in [5.74, 6) is 0.549. The Morgan fingerprint density at radius 1 is 0.842 bits per heavy atom. The summed E-state index contributed by atoms with van der Waals surface area (Å²) in [6.45, 7) is 4.67. The van der Waals surface area contributed by atoms with Gasteiger partial charge in [-0.05, 0) is 60.0 Å². The van der Waals surface area contributed by atoms with Gasteiger partial charge in [-0.3, -0.25) is 14.5 Å². The number of aliphatic hydroxyl groups is 1. The van der Waals surface area contributed by atoms with Crippen molar-refractivity contribution in [3.8, 4) is 23.0 Å². The lowest BCUT2D eigenvalue weighted by Crippen LogP contribution is -2.29. The van der Waals surface area contributed by atoms with E-state index in [1.54, 1.807) is 73.8 Å². The molecule has 1 amide bonds. The van der Waals surface area contributed by atoms with Crippen LogP contribution in [-0.4, -0.2) is 44.7 Å². The predicted octanol–water partition coefficient (Wildman–Crippen LogP) is 5.37. The second kappa shape index (κ2) is 11.3. The number of aliphatic hydroxyl groups excluding tert-OH is 1. The van der Waals surface area contributed by atoms with Crippen LogP contribution in [0.4, 0.5) is 5.69 Å². The van der Waals surface area contributed by atoms with Gasteiger partial charge in [-0.1, -0.05) is 26.0 Å². The van der Waals surface area contributed by atoms with Crippen molar-refractivity contribution in [2.75, 3.05) is 32.8 Å². The molecule has 198 valence electrons. The Balaban J connectivity index is 1.85. The third kappa shape index (κ3) is 5.16. The van der Waals surface area contributed by atoms with Crippen LogP contribution in [0.1, 0.15) is 31.0 Å². The number of benzene rings is 3. The molecule has 1 heterocycles. The van der Waals surface area contributed by atoms with Crippen LogP contribution in [0, 0.1) is 5.92 Å². The van der Waals surface area contributed by atoms with E-state index in [0.717, 1.165) is 0 Å². The monoisotopic (exact) mass is 517 g/mol. The minimum absolute atomic E-state index is 0.0521. The lowest BCUT2D eigenvalue weighted by Gasteiger charge is -2.26. The van der Waals surface area contributed by atoms with Crippen molar-refractivity contribution in [1.29, 1.82) is 0 Å². The van der Waals surface area contributed by atoms with E-state index in [1.807, 2.05) is 0 Å². The Bertz CT molecular complexity index is 1340. The van der Waals surface area contributed by atoms with Crippen LogP contribution in [0.15, 0.2) is 72.3 Å². The van der Waals surface area contributed by atoms with Crippen molar-refractivity contribution < 1.29 is 33.6 Å². The van der Waals surface area contributed by atoms with E-state index < -0.39 is 17.7 Å². The maximum absolute atomic E-state index is 13.5. The van der Waals surface area contributed by atoms with Gasteiger partial charge >= 0.3 is 0 Å². The molecule has 0 aromatic heterocycles. The van der Waals surface area contributed by atoms with E-state index in [0.29, 0.717) is 46.8 Å². The molecule has 3 aromatic carbocycles. The summed E-state index contributed by atoms with van der Waals surface area (Å²) in [6, 6.07) is 17.9. The number of anilines is 1. The van der Waals surface area contributed by atoms with Crippen LogP contribution < -0.4 is 23.8 Å². The van der Waals surface area contributed by atoms with Gasteiger partial charge in [0.25, 0.3) is 11.7 Å². The molecule has 0 spiro atoms. The van der Waals surface area contributed by atoms with Gasteiger partial charge in [0, 0.05) is 11.8 Å². The molecule has 4 rings (SSSR count). The number of ether oxygens (including phenoxy) is 4. The summed E-state index contributed by atoms with van der Waals surface area (Å²) in [4.78, 5) is 28.3. The van der Waals surface area contributed by atoms with E-state index in [2.05, 4.69) is 13.8 Å². The maximum atomic E-state index is 13.5. The number of amides is 1. The minimum atomic E-state index is -0.893. The number of Topliss-reactive ketones (excluding diaryl/α,β-unsaturated/α-hetero) is 1. The first-order valence-corrected chi connectivity index (χ1v) is 12.2. The van der Waals surface area contributed by atoms with E-state index in [4.69, 9.17) is 18.9 Å². The van der Waals surface area contributed by atoms with Crippen LogP contribution in [0.3, 0.4) is 0 Å². The zero-order chi connectivity index (χ0) is 27.4. The molecule has 8 heteroatoms. The molecule has 1 N–H and O–H groups in total. The number of nitrogens with zero attached hydrogens (tertiary/aromatic N) is 1. The van der Waals surface area contributed by atoms with Crippen molar-refractivity contribution in [3.05, 3.63) is 83.4 Å². The minimum Gasteiger partial charge on any atom is -0.507 e. The van der Waals surface area contributed by atoms with Crippen molar-refractivity contribution in [1.82, 2.24) is 0 Å². The molecule has 1 atom stereocenters. The summed E-state index contributed by atoms with van der Waals surface area (Å²) >= 11 is 0. The molecule has 0 aliphatic carbocycles. The van der Waals surface area contributed by atoms with Gasteiger partial charge in [-0.2, -0.15) is 0 Å². The van der Waals surface area contributed by atoms with Crippen LogP contribution in [0.25, 0.3) is 5.76 Å².